The van der Waals surface area contributed by atoms with E-state index in [0.717, 1.165) is 31.4 Å². The first kappa shape index (κ1) is 33.3. The van der Waals surface area contributed by atoms with Crippen molar-refractivity contribution >= 4 is 35.6 Å². The molecule has 0 unspecified atom stereocenters. The van der Waals surface area contributed by atoms with Crippen LogP contribution in [0.5, 0.6) is 11.5 Å². The van der Waals surface area contributed by atoms with Gasteiger partial charge in [0.25, 0.3) is 11.8 Å². The molecule has 0 aliphatic rings. The van der Waals surface area contributed by atoms with E-state index in [1.807, 2.05) is 5.10 Å². The molecule has 22 heteroatoms. The van der Waals surface area contributed by atoms with Gasteiger partial charge in [-0.3, -0.25) is 30.4 Å². The molecule has 0 aliphatic heterocycles. The highest BCUT2D eigenvalue weighted by Crippen LogP contribution is 2.27. The molecule has 0 radical (unpaired) electrons. The SMILES string of the molecule is COC(=O)c1nc(NC(=O)c2ccccc2OC(F)(F)F)n[nH]1.O=C(O)c1nc(NC(=O)c2ccccc2OC(F)(F)F)n[nH]1. The predicted octanol–water partition coefficient (Wildman–Crippen LogP) is 3.40. The summed E-state index contributed by atoms with van der Waals surface area (Å²) in [6.45, 7) is 0. The third kappa shape index (κ3) is 9.93. The number of carboxylic acid groups (broad SMARTS) is 1. The van der Waals surface area contributed by atoms with Gasteiger partial charge in [-0.05, 0) is 24.3 Å². The molecule has 16 nitrogen and oxygen atoms in total. The molecule has 0 atom stereocenters. The molecule has 0 bridgehead atoms. The lowest BCUT2D eigenvalue weighted by atomic mass is 10.2. The zero-order valence-corrected chi connectivity index (χ0v) is 22.0. The number of carbonyl (C=O) groups is 4. The lowest BCUT2D eigenvalue weighted by Crippen LogP contribution is -2.21. The van der Waals surface area contributed by atoms with Gasteiger partial charge in [0.15, 0.2) is 0 Å². The minimum atomic E-state index is -4.96. The highest BCUT2D eigenvalue weighted by Gasteiger charge is 2.34. The Labute approximate surface area is 244 Å². The number of methoxy groups -OCH3 is 1. The summed E-state index contributed by atoms with van der Waals surface area (Å²) in [7, 11) is 1.12. The molecule has 2 aromatic carbocycles. The number of anilines is 2. The van der Waals surface area contributed by atoms with Gasteiger partial charge in [-0.1, -0.05) is 24.3 Å². The van der Waals surface area contributed by atoms with Gasteiger partial charge in [0.1, 0.15) is 11.5 Å². The highest BCUT2D eigenvalue weighted by atomic mass is 19.4. The van der Waals surface area contributed by atoms with Crippen molar-refractivity contribution in [3.05, 3.63) is 71.3 Å². The standard InChI is InChI=1S/C12H9F3N4O4.C11H7F3N4O4/c1-22-10(21)8-16-11(19-18-8)17-9(20)6-4-2-3-5-7(6)23-12(13,14)15;12-11(13,14)22-6-4-2-1-3-5(6)8(19)16-10-15-7(9(20)21)17-18-10/h2-5H,1H3,(H2,16,17,18,19,20);1-4H,(H,20,21)(H2,15,16,17,18,19). The van der Waals surface area contributed by atoms with Gasteiger partial charge < -0.3 is 19.3 Å². The van der Waals surface area contributed by atoms with Crippen LogP contribution in [0.3, 0.4) is 0 Å². The van der Waals surface area contributed by atoms with E-state index < -0.39 is 65.3 Å². The Bertz CT molecular complexity index is 1690. The second-order valence-corrected chi connectivity index (χ2v) is 7.81. The largest absolute Gasteiger partial charge is 0.573 e. The zero-order chi connectivity index (χ0) is 33.4. The fraction of sp³-hybridized carbons (Fsp3) is 0.130. The summed E-state index contributed by atoms with van der Waals surface area (Å²) < 4.78 is 85.6. The molecule has 0 saturated heterocycles. The summed E-state index contributed by atoms with van der Waals surface area (Å²) >= 11 is 0. The van der Waals surface area contributed by atoms with Gasteiger partial charge in [-0.25, -0.2) is 9.59 Å². The minimum Gasteiger partial charge on any atom is -0.475 e. The average Bonchev–Trinajstić information content (AvgIpc) is 3.62. The Hall–Kier alpha value is -6.22. The van der Waals surface area contributed by atoms with Crippen LogP contribution in [0.2, 0.25) is 0 Å². The summed E-state index contributed by atoms with van der Waals surface area (Å²) in [5, 5.41) is 24.0. The number of aromatic carboxylic acids is 1. The van der Waals surface area contributed by atoms with Crippen molar-refractivity contribution in [2.75, 3.05) is 17.7 Å². The van der Waals surface area contributed by atoms with Crippen LogP contribution in [-0.4, -0.2) is 79.1 Å². The molecule has 2 aromatic heterocycles. The molecule has 0 saturated carbocycles. The van der Waals surface area contributed by atoms with Crippen LogP contribution >= 0.6 is 0 Å². The molecule has 2 heterocycles. The number of hydrogen-bond acceptors (Lipinski definition) is 11. The van der Waals surface area contributed by atoms with E-state index in [1.165, 1.54) is 24.3 Å². The summed E-state index contributed by atoms with van der Waals surface area (Å²) in [6.07, 6.45) is -9.91. The maximum atomic E-state index is 12.3. The van der Waals surface area contributed by atoms with Crippen molar-refractivity contribution in [2.24, 2.45) is 0 Å². The number of H-pyrrole nitrogens is 2. The van der Waals surface area contributed by atoms with E-state index in [-0.39, 0.29) is 17.3 Å². The van der Waals surface area contributed by atoms with Gasteiger partial charge in [0.2, 0.25) is 23.5 Å². The van der Waals surface area contributed by atoms with Crippen molar-refractivity contribution < 1.29 is 64.8 Å². The summed E-state index contributed by atoms with van der Waals surface area (Å²) in [5.41, 5.74) is -0.796. The van der Waals surface area contributed by atoms with Gasteiger partial charge in [-0.2, -0.15) is 9.97 Å². The molecule has 0 spiro atoms. The van der Waals surface area contributed by atoms with E-state index >= 15 is 0 Å². The van der Waals surface area contributed by atoms with Crippen molar-refractivity contribution in [1.82, 2.24) is 30.4 Å². The number of halogens is 6. The van der Waals surface area contributed by atoms with E-state index in [4.69, 9.17) is 5.11 Å². The molecule has 4 rings (SSSR count). The van der Waals surface area contributed by atoms with Crippen LogP contribution < -0.4 is 20.1 Å². The number of alkyl halides is 6. The number of benzene rings is 2. The molecular formula is C23H16F6N8O8. The van der Waals surface area contributed by atoms with Gasteiger partial charge >= 0.3 is 24.7 Å². The summed E-state index contributed by atoms with van der Waals surface area (Å²) in [6, 6.07) is 9.40. The van der Waals surface area contributed by atoms with E-state index in [1.54, 1.807) is 0 Å². The van der Waals surface area contributed by atoms with E-state index in [9.17, 15) is 45.5 Å². The Morgan fingerprint density at radius 3 is 1.49 bits per heavy atom. The number of hydrogen-bond donors (Lipinski definition) is 5. The Morgan fingerprint density at radius 2 is 1.11 bits per heavy atom. The van der Waals surface area contributed by atoms with E-state index in [2.05, 4.69) is 50.1 Å². The second kappa shape index (κ2) is 13.8. The van der Waals surface area contributed by atoms with Gasteiger partial charge in [0.05, 0.1) is 18.2 Å². The van der Waals surface area contributed by atoms with Crippen LogP contribution in [0.25, 0.3) is 0 Å². The fourth-order valence-electron chi connectivity index (χ4n) is 2.99. The lowest BCUT2D eigenvalue weighted by Gasteiger charge is -2.12. The third-order valence-corrected chi connectivity index (χ3v) is 4.72. The van der Waals surface area contributed by atoms with Crippen LogP contribution in [0, 0.1) is 0 Å². The summed E-state index contributed by atoms with van der Waals surface area (Å²) in [4.78, 5) is 52.7. The summed E-state index contributed by atoms with van der Waals surface area (Å²) in [5.74, 6) is -7.06. The van der Waals surface area contributed by atoms with Crippen molar-refractivity contribution in [3.8, 4) is 11.5 Å². The molecule has 2 amide bonds. The number of nitrogens with one attached hydrogen (secondary N) is 4. The van der Waals surface area contributed by atoms with Crippen molar-refractivity contribution in [3.63, 3.8) is 0 Å². The molecule has 5 N–H and O–H groups in total. The van der Waals surface area contributed by atoms with Gasteiger partial charge in [-0.15, -0.1) is 36.5 Å². The minimum absolute atomic E-state index is 0.275. The number of amides is 2. The number of carboxylic acids is 1. The topological polar surface area (TPSA) is 223 Å². The van der Waals surface area contributed by atoms with Crippen LogP contribution in [0.4, 0.5) is 38.2 Å². The predicted molar refractivity (Wildman–Crippen MR) is 133 cm³/mol. The van der Waals surface area contributed by atoms with Crippen molar-refractivity contribution in [1.29, 1.82) is 0 Å². The number of nitrogens with zero attached hydrogens (tertiary/aromatic N) is 4. The third-order valence-electron chi connectivity index (χ3n) is 4.72. The lowest BCUT2D eigenvalue weighted by molar-refractivity contribution is -0.275. The van der Waals surface area contributed by atoms with Crippen LogP contribution in [-0.2, 0) is 4.74 Å². The van der Waals surface area contributed by atoms with E-state index in [0.29, 0.717) is 0 Å². The van der Waals surface area contributed by atoms with Gasteiger partial charge in [0, 0.05) is 0 Å². The highest BCUT2D eigenvalue weighted by molar-refractivity contribution is 6.06. The maximum Gasteiger partial charge on any atom is 0.573 e. The van der Waals surface area contributed by atoms with Crippen molar-refractivity contribution in [2.45, 2.75) is 12.7 Å². The molecule has 0 aliphatic carbocycles. The Balaban J connectivity index is 0.000000246. The van der Waals surface area contributed by atoms with Crippen LogP contribution in [0.15, 0.2) is 48.5 Å². The number of aromatic amines is 2. The first-order valence-corrected chi connectivity index (χ1v) is 11.5. The molecule has 238 valence electrons. The quantitative estimate of drug-likeness (QED) is 0.137. The first-order chi connectivity index (χ1) is 21.1. The average molecular weight is 646 g/mol. The number of rotatable bonds is 8. The Morgan fingerprint density at radius 1 is 0.711 bits per heavy atom. The number of esters is 1. The first-order valence-electron chi connectivity index (χ1n) is 11.5. The molecule has 45 heavy (non-hydrogen) atoms. The number of ether oxygens (including phenoxy) is 3. The van der Waals surface area contributed by atoms with Crippen LogP contribution in [0.1, 0.15) is 42.0 Å². The molecule has 4 aromatic rings. The smallest absolute Gasteiger partial charge is 0.475 e. The monoisotopic (exact) mass is 646 g/mol. The Kier molecular flexibility index (Phi) is 10.2. The maximum absolute atomic E-state index is 12.3. The normalized spacial score (nSPS) is 11.0. The number of carbonyl (C=O) groups excluding carboxylic acids is 3. The fourth-order valence-corrected chi connectivity index (χ4v) is 2.99. The number of para-hydroxylation sites is 2. The number of aromatic nitrogens is 6. The zero-order valence-electron chi connectivity index (χ0n) is 22.0. The molecule has 0 fully saturated rings. The molecular weight excluding hydrogens is 630 g/mol. The second-order valence-electron chi connectivity index (χ2n) is 7.81.